The van der Waals surface area contributed by atoms with Gasteiger partial charge in [0.1, 0.15) is 0 Å². The third kappa shape index (κ3) is 4.37. The molecule has 1 atom stereocenters. The van der Waals surface area contributed by atoms with E-state index in [1.54, 1.807) is 0 Å². The Morgan fingerprint density at radius 1 is 1.63 bits per heavy atom. The van der Waals surface area contributed by atoms with Gasteiger partial charge in [-0.2, -0.15) is 0 Å². The van der Waals surface area contributed by atoms with Gasteiger partial charge >= 0.3 is 0 Å². The maximum atomic E-state index is 11.8. The fourth-order valence-electron chi connectivity index (χ4n) is 2.03. The van der Waals surface area contributed by atoms with Crippen molar-refractivity contribution in [1.82, 2.24) is 10.5 Å². The SMILES string of the molecule is Cc1noc(Cl)c1CCC(=O)NC(CN)C1CC1.Cl. The number of halogens is 2. The monoisotopic (exact) mass is 307 g/mol. The highest BCUT2D eigenvalue weighted by atomic mass is 35.5. The molecule has 0 radical (unpaired) electrons. The Morgan fingerprint density at radius 3 is 2.79 bits per heavy atom. The van der Waals surface area contributed by atoms with Crippen molar-refractivity contribution >= 4 is 29.9 Å². The Bertz CT molecular complexity index is 413. The van der Waals surface area contributed by atoms with Crippen LogP contribution in [-0.2, 0) is 11.2 Å². The van der Waals surface area contributed by atoms with Gasteiger partial charge in [0.05, 0.1) is 5.69 Å². The van der Waals surface area contributed by atoms with E-state index in [-0.39, 0.29) is 29.6 Å². The number of aromatic nitrogens is 1. The van der Waals surface area contributed by atoms with Crippen LogP contribution in [0, 0.1) is 12.8 Å². The van der Waals surface area contributed by atoms with E-state index in [1.807, 2.05) is 6.92 Å². The number of carbonyl (C=O) groups is 1. The smallest absolute Gasteiger partial charge is 0.229 e. The summed E-state index contributed by atoms with van der Waals surface area (Å²) in [5.74, 6) is 0.578. The number of nitrogens with zero attached hydrogens (tertiary/aromatic N) is 1. The molecule has 3 N–H and O–H groups in total. The zero-order valence-corrected chi connectivity index (χ0v) is 12.4. The third-order valence-electron chi connectivity index (χ3n) is 3.33. The van der Waals surface area contributed by atoms with Crippen molar-refractivity contribution in [3.05, 3.63) is 16.5 Å². The third-order valence-corrected chi connectivity index (χ3v) is 3.63. The molecule has 108 valence electrons. The second-order valence-corrected chi connectivity index (χ2v) is 5.11. The Balaban J connectivity index is 0.00000180. The molecule has 1 unspecified atom stereocenters. The van der Waals surface area contributed by atoms with Gasteiger partial charge in [-0.3, -0.25) is 4.79 Å². The van der Waals surface area contributed by atoms with Gasteiger partial charge in [0.25, 0.3) is 0 Å². The minimum atomic E-state index is 0. The summed E-state index contributed by atoms with van der Waals surface area (Å²) < 4.78 is 4.84. The van der Waals surface area contributed by atoms with Crippen molar-refractivity contribution in [3.8, 4) is 0 Å². The van der Waals surface area contributed by atoms with E-state index in [9.17, 15) is 4.79 Å². The number of nitrogens with two attached hydrogens (primary N) is 1. The van der Waals surface area contributed by atoms with E-state index in [2.05, 4.69) is 10.5 Å². The molecule has 1 aromatic heterocycles. The fraction of sp³-hybridized carbons (Fsp3) is 0.667. The topological polar surface area (TPSA) is 81.2 Å². The highest BCUT2D eigenvalue weighted by Gasteiger charge is 2.31. The average Bonchev–Trinajstić information content (AvgIpc) is 3.13. The number of nitrogens with one attached hydrogen (secondary N) is 1. The van der Waals surface area contributed by atoms with Crippen LogP contribution in [0.1, 0.15) is 30.5 Å². The summed E-state index contributed by atoms with van der Waals surface area (Å²) in [6, 6.07) is 0.122. The van der Waals surface area contributed by atoms with E-state index in [0.29, 0.717) is 25.3 Å². The van der Waals surface area contributed by atoms with E-state index >= 15 is 0 Å². The summed E-state index contributed by atoms with van der Waals surface area (Å²) in [6.45, 7) is 2.32. The molecule has 1 aromatic rings. The van der Waals surface area contributed by atoms with E-state index in [4.69, 9.17) is 21.9 Å². The summed E-state index contributed by atoms with van der Waals surface area (Å²) in [6.07, 6.45) is 3.25. The van der Waals surface area contributed by atoms with Gasteiger partial charge in [-0.15, -0.1) is 12.4 Å². The first-order valence-corrected chi connectivity index (χ1v) is 6.59. The number of rotatable bonds is 6. The summed E-state index contributed by atoms with van der Waals surface area (Å²) >= 11 is 5.84. The second kappa shape index (κ2) is 7.12. The Hall–Kier alpha value is -0.780. The van der Waals surface area contributed by atoms with Gasteiger partial charge in [0, 0.05) is 24.6 Å². The molecule has 1 saturated carbocycles. The molecule has 1 aliphatic carbocycles. The van der Waals surface area contributed by atoms with Crippen molar-refractivity contribution < 1.29 is 9.32 Å². The lowest BCUT2D eigenvalue weighted by atomic mass is 10.1. The molecular formula is C12H19Cl2N3O2. The molecule has 0 saturated heterocycles. The summed E-state index contributed by atoms with van der Waals surface area (Å²) in [5, 5.41) is 7.00. The molecule has 0 spiro atoms. The van der Waals surface area contributed by atoms with Crippen LogP contribution in [0.5, 0.6) is 0 Å². The number of amides is 1. The van der Waals surface area contributed by atoms with E-state index < -0.39 is 0 Å². The predicted molar refractivity (Wildman–Crippen MR) is 75.5 cm³/mol. The molecule has 1 amide bonds. The Kier molecular flexibility index (Phi) is 6.10. The second-order valence-electron chi connectivity index (χ2n) is 4.77. The molecule has 0 aromatic carbocycles. The quantitative estimate of drug-likeness (QED) is 0.840. The fourth-order valence-corrected chi connectivity index (χ4v) is 2.29. The van der Waals surface area contributed by atoms with Crippen LogP contribution in [0.3, 0.4) is 0 Å². The van der Waals surface area contributed by atoms with Crippen molar-refractivity contribution in [2.24, 2.45) is 11.7 Å². The number of carbonyl (C=O) groups excluding carboxylic acids is 1. The van der Waals surface area contributed by atoms with Crippen molar-refractivity contribution in [2.75, 3.05) is 6.54 Å². The van der Waals surface area contributed by atoms with Crippen molar-refractivity contribution in [3.63, 3.8) is 0 Å². The van der Waals surface area contributed by atoms with E-state index in [1.165, 1.54) is 12.8 Å². The van der Waals surface area contributed by atoms with Crippen LogP contribution in [0.2, 0.25) is 5.22 Å². The highest BCUT2D eigenvalue weighted by molar-refractivity contribution is 6.29. The van der Waals surface area contributed by atoms with Gasteiger partial charge in [0.2, 0.25) is 11.1 Å². The minimum Gasteiger partial charge on any atom is -0.352 e. The zero-order chi connectivity index (χ0) is 13.1. The number of hydrogen-bond acceptors (Lipinski definition) is 4. The van der Waals surface area contributed by atoms with Crippen molar-refractivity contribution in [2.45, 2.75) is 38.6 Å². The molecule has 7 heteroatoms. The number of aryl methyl sites for hydroxylation is 1. The summed E-state index contributed by atoms with van der Waals surface area (Å²) in [5.41, 5.74) is 7.19. The Morgan fingerprint density at radius 2 is 2.32 bits per heavy atom. The van der Waals surface area contributed by atoms with Crippen LogP contribution < -0.4 is 11.1 Å². The molecule has 2 rings (SSSR count). The van der Waals surface area contributed by atoms with E-state index in [0.717, 1.165) is 11.3 Å². The van der Waals surface area contributed by atoms with Gasteiger partial charge in [-0.25, -0.2) is 0 Å². The standard InChI is InChI=1S/C12H18ClN3O2.ClH/c1-7-9(12(13)18-16-7)4-5-11(17)15-10(6-14)8-2-3-8;/h8,10H,2-6,14H2,1H3,(H,15,17);1H. The normalized spacial score (nSPS) is 15.7. The zero-order valence-electron chi connectivity index (χ0n) is 10.8. The van der Waals surface area contributed by atoms with Gasteiger partial charge in [-0.05, 0) is 43.7 Å². The first-order chi connectivity index (χ1) is 8.61. The summed E-state index contributed by atoms with van der Waals surface area (Å²) in [7, 11) is 0. The van der Waals surface area contributed by atoms with Gasteiger partial charge < -0.3 is 15.6 Å². The molecule has 1 fully saturated rings. The lowest BCUT2D eigenvalue weighted by Crippen LogP contribution is -2.41. The lowest BCUT2D eigenvalue weighted by molar-refractivity contribution is -0.121. The molecular weight excluding hydrogens is 289 g/mol. The van der Waals surface area contributed by atoms with Crippen LogP contribution in [0.25, 0.3) is 0 Å². The van der Waals surface area contributed by atoms with Gasteiger partial charge in [0.15, 0.2) is 0 Å². The molecule has 0 bridgehead atoms. The average molecular weight is 308 g/mol. The largest absolute Gasteiger partial charge is 0.352 e. The van der Waals surface area contributed by atoms with Crippen LogP contribution in [0.15, 0.2) is 4.52 Å². The molecule has 5 nitrogen and oxygen atoms in total. The van der Waals surface area contributed by atoms with Crippen LogP contribution >= 0.6 is 24.0 Å². The highest BCUT2D eigenvalue weighted by Crippen LogP contribution is 2.32. The minimum absolute atomic E-state index is 0. The molecule has 0 aliphatic heterocycles. The van der Waals surface area contributed by atoms with Gasteiger partial charge in [-0.1, -0.05) is 5.16 Å². The first kappa shape index (κ1) is 16.3. The molecule has 1 heterocycles. The molecule has 19 heavy (non-hydrogen) atoms. The Labute approximate surface area is 123 Å². The predicted octanol–water partition coefficient (Wildman–Crippen LogP) is 1.84. The lowest BCUT2D eigenvalue weighted by Gasteiger charge is -2.15. The summed E-state index contributed by atoms with van der Waals surface area (Å²) in [4.78, 5) is 11.8. The number of hydrogen-bond donors (Lipinski definition) is 2. The molecule has 1 aliphatic rings. The maximum Gasteiger partial charge on any atom is 0.229 e. The first-order valence-electron chi connectivity index (χ1n) is 6.22. The van der Waals surface area contributed by atoms with Crippen LogP contribution in [0.4, 0.5) is 0 Å². The van der Waals surface area contributed by atoms with Crippen LogP contribution in [-0.4, -0.2) is 23.7 Å². The maximum absolute atomic E-state index is 11.8. The van der Waals surface area contributed by atoms with Crippen molar-refractivity contribution in [1.29, 1.82) is 0 Å².